The molecule has 3 N–H and O–H groups in total. The number of aromatic nitrogens is 1. The highest BCUT2D eigenvalue weighted by atomic mass is 32.1. The fourth-order valence-corrected chi connectivity index (χ4v) is 1.79. The minimum atomic E-state index is -0.558. The van der Waals surface area contributed by atoms with Crippen molar-refractivity contribution in [2.45, 2.75) is 13.8 Å². The van der Waals surface area contributed by atoms with Crippen molar-refractivity contribution in [3.8, 4) is 0 Å². The molecule has 92 valence electrons. The number of nitrogens with two attached hydrogens (primary N) is 1. The van der Waals surface area contributed by atoms with Gasteiger partial charge in [0.1, 0.15) is 11.6 Å². The lowest BCUT2D eigenvalue weighted by Gasteiger charge is -2.18. The van der Waals surface area contributed by atoms with E-state index in [1.165, 1.54) is 12.1 Å². The SMILES string of the molecule is CC(C)C(C(=O)Nc1ccc(F)cn1)C(N)=S. The van der Waals surface area contributed by atoms with E-state index in [0.717, 1.165) is 6.20 Å². The first kappa shape index (κ1) is 13.5. The molecule has 6 heteroatoms. The molecule has 4 nitrogen and oxygen atoms in total. The number of hydrogen-bond acceptors (Lipinski definition) is 3. The summed E-state index contributed by atoms with van der Waals surface area (Å²) in [7, 11) is 0. The van der Waals surface area contributed by atoms with Crippen molar-refractivity contribution in [1.29, 1.82) is 0 Å². The summed E-state index contributed by atoms with van der Waals surface area (Å²) in [6.45, 7) is 3.70. The van der Waals surface area contributed by atoms with Gasteiger partial charge in [-0.15, -0.1) is 0 Å². The molecule has 1 unspecified atom stereocenters. The van der Waals surface area contributed by atoms with Gasteiger partial charge in [-0.2, -0.15) is 0 Å². The van der Waals surface area contributed by atoms with Gasteiger partial charge in [-0.3, -0.25) is 4.79 Å². The van der Waals surface area contributed by atoms with E-state index < -0.39 is 11.7 Å². The summed E-state index contributed by atoms with van der Waals surface area (Å²) in [6.07, 6.45) is 1.03. The van der Waals surface area contributed by atoms with Crippen LogP contribution in [0.4, 0.5) is 10.2 Å². The molecular formula is C11H14FN3OS. The van der Waals surface area contributed by atoms with Gasteiger partial charge < -0.3 is 11.1 Å². The third-order valence-corrected chi connectivity index (χ3v) is 2.49. The zero-order chi connectivity index (χ0) is 13.0. The predicted octanol–water partition coefficient (Wildman–Crippen LogP) is 1.72. The number of nitrogens with zero attached hydrogens (tertiary/aromatic N) is 1. The van der Waals surface area contributed by atoms with Crippen molar-refractivity contribution < 1.29 is 9.18 Å². The molecule has 0 aromatic carbocycles. The lowest BCUT2D eigenvalue weighted by molar-refractivity contribution is -0.118. The molecule has 0 fully saturated rings. The summed E-state index contributed by atoms with van der Waals surface area (Å²) in [4.78, 5) is 15.7. The topological polar surface area (TPSA) is 68.0 Å². The zero-order valence-corrected chi connectivity index (χ0v) is 10.4. The van der Waals surface area contributed by atoms with Crippen LogP contribution in [-0.2, 0) is 4.79 Å². The van der Waals surface area contributed by atoms with Crippen LogP contribution in [0.2, 0.25) is 0 Å². The Labute approximate surface area is 104 Å². The summed E-state index contributed by atoms with van der Waals surface area (Å²) in [5.74, 6) is -1.08. The van der Waals surface area contributed by atoms with Gasteiger partial charge in [0.2, 0.25) is 5.91 Å². The molecule has 0 saturated heterocycles. The summed E-state index contributed by atoms with van der Waals surface area (Å²) in [6, 6.07) is 2.60. The number of thiocarbonyl (C=S) groups is 1. The number of nitrogens with one attached hydrogen (secondary N) is 1. The van der Waals surface area contributed by atoms with Crippen LogP contribution in [0.3, 0.4) is 0 Å². The summed E-state index contributed by atoms with van der Waals surface area (Å²) in [5, 5.41) is 2.55. The number of halogens is 1. The average molecular weight is 255 g/mol. The molecule has 1 aromatic rings. The fraction of sp³-hybridized carbons (Fsp3) is 0.364. The second-order valence-corrected chi connectivity index (χ2v) is 4.45. The Kier molecular flexibility index (Phi) is 4.51. The predicted molar refractivity (Wildman–Crippen MR) is 67.9 cm³/mol. The van der Waals surface area contributed by atoms with Crippen LogP contribution in [0, 0.1) is 17.7 Å². The van der Waals surface area contributed by atoms with E-state index in [0.29, 0.717) is 0 Å². The maximum Gasteiger partial charge on any atom is 0.235 e. The maximum atomic E-state index is 12.6. The highest BCUT2D eigenvalue weighted by Gasteiger charge is 2.25. The van der Waals surface area contributed by atoms with Crippen LogP contribution >= 0.6 is 12.2 Å². The number of rotatable bonds is 4. The first-order valence-electron chi connectivity index (χ1n) is 5.13. The monoisotopic (exact) mass is 255 g/mol. The standard InChI is InChI=1S/C11H14FN3OS/c1-6(2)9(10(13)17)11(16)15-8-4-3-7(12)5-14-8/h3-6,9H,1-2H3,(H2,13,17)(H,14,15,16). The highest BCUT2D eigenvalue weighted by Crippen LogP contribution is 2.14. The van der Waals surface area contributed by atoms with Crippen LogP contribution in [0.15, 0.2) is 18.3 Å². The third-order valence-electron chi connectivity index (χ3n) is 2.23. The molecule has 0 saturated carbocycles. The van der Waals surface area contributed by atoms with Crippen molar-refractivity contribution in [1.82, 2.24) is 4.98 Å². The van der Waals surface area contributed by atoms with Gasteiger partial charge >= 0.3 is 0 Å². The van der Waals surface area contributed by atoms with E-state index in [2.05, 4.69) is 10.3 Å². The largest absolute Gasteiger partial charge is 0.393 e. The van der Waals surface area contributed by atoms with Crippen LogP contribution in [-0.4, -0.2) is 15.9 Å². The van der Waals surface area contributed by atoms with Gasteiger partial charge in [0.05, 0.1) is 17.1 Å². The average Bonchev–Trinajstić information content (AvgIpc) is 2.20. The summed E-state index contributed by atoms with van der Waals surface area (Å²) >= 11 is 4.84. The Morgan fingerprint density at radius 3 is 2.59 bits per heavy atom. The number of carbonyl (C=O) groups is 1. The second-order valence-electron chi connectivity index (χ2n) is 3.97. The molecule has 17 heavy (non-hydrogen) atoms. The number of pyridine rings is 1. The smallest absolute Gasteiger partial charge is 0.235 e. The molecule has 1 rings (SSSR count). The molecule has 1 heterocycles. The molecule has 0 aliphatic carbocycles. The van der Waals surface area contributed by atoms with Crippen LogP contribution < -0.4 is 11.1 Å². The van der Waals surface area contributed by atoms with Gasteiger partial charge in [-0.1, -0.05) is 26.1 Å². The normalized spacial score (nSPS) is 12.2. The molecule has 0 radical (unpaired) electrons. The van der Waals surface area contributed by atoms with E-state index in [1.807, 2.05) is 13.8 Å². The van der Waals surface area contributed by atoms with Crippen molar-refractivity contribution >= 4 is 28.9 Å². The van der Waals surface area contributed by atoms with Gasteiger partial charge in [0.25, 0.3) is 0 Å². The highest BCUT2D eigenvalue weighted by molar-refractivity contribution is 7.80. The quantitative estimate of drug-likeness (QED) is 0.804. The summed E-state index contributed by atoms with van der Waals surface area (Å²) in [5.41, 5.74) is 5.51. The van der Waals surface area contributed by atoms with E-state index in [9.17, 15) is 9.18 Å². The summed E-state index contributed by atoms with van der Waals surface area (Å²) < 4.78 is 12.6. The number of anilines is 1. The van der Waals surface area contributed by atoms with E-state index in [-0.39, 0.29) is 22.6 Å². The van der Waals surface area contributed by atoms with Crippen LogP contribution in [0.1, 0.15) is 13.8 Å². The van der Waals surface area contributed by atoms with E-state index >= 15 is 0 Å². The van der Waals surface area contributed by atoms with Gasteiger partial charge in [-0.05, 0) is 18.1 Å². The van der Waals surface area contributed by atoms with Crippen molar-refractivity contribution in [2.24, 2.45) is 17.6 Å². The molecule has 1 aromatic heterocycles. The maximum absolute atomic E-state index is 12.6. The molecule has 0 spiro atoms. The lowest BCUT2D eigenvalue weighted by Crippen LogP contribution is -2.36. The van der Waals surface area contributed by atoms with Gasteiger partial charge in [-0.25, -0.2) is 9.37 Å². The molecule has 0 aliphatic rings. The number of amides is 1. The molecule has 1 amide bonds. The minimum Gasteiger partial charge on any atom is -0.393 e. The Morgan fingerprint density at radius 1 is 1.53 bits per heavy atom. The third kappa shape index (κ3) is 3.74. The van der Waals surface area contributed by atoms with Gasteiger partial charge in [0.15, 0.2) is 0 Å². The Balaban J connectivity index is 2.77. The van der Waals surface area contributed by atoms with Crippen LogP contribution in [0.5, 0.6) is 0 Å². The second kappa shape index (κ2) is 5.67. The first-order chi connectivity index (χ1) is 7.91. The molecule has 1 atom stereocenters. The Hall–Kier alpha value is -1.56. The lowest BCUT2D eigenvalue weighted by atomic mass is 9.95. The van der Waals surface area contributed by atoms with Crippen LogP contribution in [0.25, 0.3) is 0 Å². The van der Waals surface area contributed by atoms with Crippen molar-refractivity contribution in [2.75, 3.05) is 5.32 Å². The minimum absolute atomic E-state index is 0.00653. The number of hydrogen-bond donors (Lipinski definition) is 2. The number of carbonyl (C=O) groups excluding carboxylic acids is 1. The Morgan fingerprint density at radius 2 is 2.18 bits per heavy atom. The molecular weight excluding hydrogens is 241 g/mol. The van der Waals surface area contributed by atoms with Crippen molar-refractivity contribution in [3.05, 3.63) is 24.1 Å². The molecule has 0 aliphatic heterocycles. The van der Waals surface area contributed by atoms with Crippen molar-refractivity contribution in [3.63, 3.8) is 0 Å². The zero-order valence-electron chi connectivity index (χ0n) is 9.61. The van der Waals surface area contributed by atoms with Gasteiger partial charge in [0, 0.05) is 0 Å². The first-order valence-corrected chi connectivity index (χ1v) is 5.54. The van der Waals surface area contributed by atoms with E-state index in [1.54, 1.807) is 0 Å². The molecule has 0 bridgehead atoms. The fourth-order valence-electron chi connectivity index (χ4n) is 1.41. The Bertz CT molecular complexity index is 419. The van der Waals surface area contributed by atoms with E-state index in [4.69, 9.17) is 18.0 Å².